The van der Waals surface area contributed by atoms with Crippen LogP contribution in [0.1, 0.15) is 30.2 Å². The van der Waals surface area contributed by atoms with E-state index < -0.39 is 12.3 Å². The van der Waals surface area contributed by atoms with E-state index in [1.807, 2.05) is 6.07 Å². The summed E-state index contributed by atoms with van der Waals surface area (Å²) in [5.41, 5.74) is 1.73. The van der Waals surface area contributed by atoms with Crippen LogP contribution in [-0.2, 0) is 12.8 Å². The Morgan fingerprint density at radius 2 is 2.17 bits per heavy atom. The lowest BCUT2D eigenvalue weighted by molar-refractivity contribution is -0.190. The maximum atomic E-state index is 12.4. The molecule has 18 heavy (non-hydrogen) atoms. The number of nitrogens with zero attached hydrogens (tertiary/aromatic N) is 2. The zero-order chi connectivity index (χ0) is 13.3. The Morgan fingerprint density at radius 3 is 2.78 bits per heavy atom. The number of rotatable bonds is 2. The molecular formula is C12H11F3N2O. The molecule has 0 N–H and O–H groups in total. The fraction of sp³-hybridized carbons (Fsp3) is 0.500. The third kappa shape index (κ3) is 2.40. The molecule has 96 valence electrons. The number of pyridine rings is 1. The van der Waals surface area contributed by atoms with Gasteiger partial charge in [0.1, 0.15) is 11.6 Å². The zero-order valence-electron chi connectivity index (χ0n) is 9.71. The molecule has 0 amide bonds. The summed E-state index contributed by atoms with van der Waals surface area (Å²) in [6.45, 7) is 0.899. The van der Waals surface area contributed by atoms with Crippen molar-refractivity contribution in [1.29, 1.82) is 5.26 Å². The van der Waals surface area contributed by atoms with Crippen LogP contribution >= 0.6 is 0 Å². The zero-order valence-corrected chi connectivity index (χ0v) is 9.71. The normalized spacial score (nSPS) is 15.9. The highest BCUT2D eigenvalue weighted by atomic mass is 19.4. The van der Waals surface area contributed by atoms with Crippen LogP contribution in [0.2, 0.25) is 0 Å². The van der Waals surface area contributed by atoms with Gasteiger partial charge in [-0.3, -0.25) is 0 Å². The number of hydrogen-bond acceptors (Lipinski definition) is 3. The van der Waals surface area contributed by atoms with E-state index in [9.17, 15) is 13.2 Å². The summed E-state index contributed by atoms with van der Waals surface area (Å²) in [6.07, 6.45) is -4.00. The summed E-state index contributed by atoms with van der Waals surface area (Å²) in [4.78, 5) is 4.03. The van der Waals surface area contributed by atoms with Gasteiger partial charge >= 0.3 is 6.18 Å². The lowest BCUT2D eigenvalue weighted by atomic mass is 10.1. The molecule has 0 saturated heterocycles. The molecule has 1 heterocycles. The highest BCUT2D eigenvalue weighted by Crippen LogP contribution is 2.29. The molecule has 1 unspecified atom stereocenters. The topological polar surface area (TPSA) is 45.9 Å². The Kier molecular flexibility index (Phi) is 3.16. The summed E-state index contributed by atoms with van der Waals surface area (Å²) < 4.78 is 42.0. The predicted molar refractivity (Wildman–Crippen MR) is 57.1 cm³/mol. The van der Waals surface area contributed by atoms with Crippen LogP contribution in [0.4, 0.5) is 13.2 Å². The molecular weight excluding hydrogens is 245 g/mol. The molecule has 0 bridgehead atoms. The minimum absolute atomic E-state index is 0.0618. The van der Waals surface area contributed by atoms with Crippen LogP contribution in [0.25, 0.3) is 0 Å². The summed E-state index contributed by atoms with van der Waals surface area (Å²) in [6, 6.07) is 3.40. The van der Waals surface area contributed by atoms with Crippen LogP contribution in [0.3, 0.4) is 0 Å². The Morgan fingerprint density at radius 1 is 1.44 bits per heavy atom. The van der Waals surface area contributed by atoms with Crippen LogP contribution in [0, 0.1) is 11.3 Å². The van der Waals surface area contributed by atoms with Crippen LogP contribution in [0.5, 0.6) is 5.88 Å². The first-order chi connectivity index (χ1) is 8.41. The Balaban J connectivity index is 2.31. The van der Waals surface area contributed by atoms with Gasteiger partial charge in [-0.25, -0.2) is 4.98 Å². The lowest BCUT2D eigenvalue weighted by Gasteiger charge is -2.18. The fourth-order valence-corrected chi connectivity index (χ4v) is 1.86. The van der Waals surface area contributed by atoms with Crippen LogP contribution in [-0.4, -0.2) is 17.3 Å². The SMILES string of the molecule is CC(Oc1nc2c(cc1C#N)CCC2)C(F)(F)F. The monoisotopic (exact) mass is 256 g/mol. The Bertz CT molecular complexity index is 505. The number of fused-ring (bicyclic) bond motifs is 1. The molecule has 6 heteroatoms. The van der Waals surface area contributed by atoms with E-state index in [1.54, 1.807) is 6.07 Å². The first-order valence-corrected chi connectivity index (χ1v) is 5.58. The third-order valence-electron chi connectivity index (χ3n) is 2.89. The van der Waals surface area contributed by atoms with E-state index in [1.165, 1.54) is 0 Å². The summed E-state index contributed by atoms with van der Waals surface area (Å²) in [5, 5.41) is 8.91. The first-order valence-electron chi connectivity index (χ1n) is 5.58. The molecule has 1 aliphatic carbocycles. The van der Waals surface area contributed by atoms with Crippen molar-refractivity contribution >= 4 is 0 Å². The average Bonchev–Trinajstić information content (AvgIpc) is 2.73. The van der Waals surface area contributed by atoms with Gasteiger partial charge in [0, 0.05) is 5.69 Å². The third-order valence-corrected chi connectivity index (χ3v) is 2.89. The smallest absolute Gasteiger partial charge is 0.425 e. The molecule has 0 aliphatic heterocycles. The predicted octanol–water partition coefficient (Wildman–Crippen LogP) is 2.77. The maximum Gasteiger partial charge on any atom is 0.425 e. The number of hydrogen-bond donors (Lipinski definition) is 0. The highest BCUT2D eigenvalue weighted by molar-refractivity contribution is 5.44. The molecule has 0 spiro atoms. The van der Waals surface area contributed by atoms with Gasteiger partial charge in [0.15, 0.2) is 6.10 Å². The van der Waals surface area contributed by atoms with Crippen LogP contribution < -0.4 is 4.74 Å². The van der Waals surface area contributed by atoms with Gasteiger partial charge in [-0.1, -0.05) is 0 Å². The molecule has 1 aromatic rings. The quantitative estimate of drug-likeness (QED) is 0.817. The number of alkyl halides is 3. The second kappa shape index (κ2) is 4.48. The van der Waals surface area contributed by atoms with Gasteiger partial charge in [-0.05, 0) is 37.8 Å². The summed E-state index contributed by atoms with van der Waals surface area (Å²) >= 11 is 0. The van der Waals surface area contributed by atoms with E-state index in [0.717, 1.165) is 37.4 Å². The number of halogens is 3. The number of aryl methyl sites for hydroxylation is 2. The molecule has 1 aliphatic rings. The number of aromatic nitrogens is 1. The number of ether oxygens (including phenoxy) is 1. The van der Waals surface area contributed by atoms with Crippen molar-refractivity contribution < 1.29 is 17.9 Å². The van der Waals surface area contributed by atoms with Crippen LogP contribution in [0.15, 0.2) is 6.07 Å². The van der Waals surface area contributed by atoms with Crippen molar-refractivity contribution in [2.24, 2.45) is 0 Å². The largest absolute Gasteiger partial charge is 0.464 e. The Labute approximate surface area is 102 Å². The van der Waals surface area contributed by atoms with Crippen molar-refractivity contribution in [3.05, 3.63) is 22.9 Å². The van der Waals surface area contributed by atoms with Gasteiger partial charge in [0.2, 0.25) is 5.88 Å². The van der Waals surface area contributed by atoms with E-state index in [0.29, 0.717) is 0 Å². The Hall–Kier alpha value is -1.77. The molecule has 1 atom stereocenters. The molecule has 3 nitrogen and oxygen atoms in total. The minimum Gasteiger partial charge on any atom is -0.464 e. The minimum atomic E-state index is -4.46. The molecule has 0 radical (unpaired) electrons. The van der Waals surface area contributed by atoms with E-state index in [2.05, 4.69) is 4.98 Å². The second-order valence-electron chi connectivity index (χ2n) is 4.21. The van der Waals surface area contributed by atoms with E-state index in [4.69, 9.17) is 10.00 Å². The van der Waals surface area contributed by atoms with Gasteiger partial charge in [0.25, 0.3) is 0 Å². The molecule has 0 saturated carbocycles. The summed E-state index contributed by atoms with van der Waals surface area (Å²) in [5.74, 6) is -0.219. The van der Waals surface area contributed by atoms with Gasteiger partial charge in [-0.2, -0.15) is 18.4 Å². The first kappa shape index (κ1) is 12.7. The molecule has 0 fully saturated rings. The van der Waals surface area contributed by atoms with Crippen molar-refractivity contribution in [2.75, 3.05) is 0 Å². The number of nitriles is 1. The molecule has 1 aromatic heterocycles. The van der Waals surface area contributed by atoms with Gasteiger partial charge < -0.3 is 4.74 Å². The lowest BCUT2D eigenvalue weighted by Crippen LogP contribution is -2.31. The average molecular weight is 256 g/mol. The molecule has 2 rings (SSSR count). The maximum absolute atomic E-state index is 12.4. The second-order valence-corrected chi connectivity index (χ2v) is 4.21. The van der Waals surface area contributed by atoms with Crippen molar-refractivity contribution in [1.82, 2.24) is 4.98 Å². The van der Waals surface area contributed by atoms with Gasteiger partial charge in [0.05, 0.1) is 0 Å². The summed E-state index contributed by atoms with van der Waals surface area (Å²) in [7, 11) is 0. The van der Waals surface area contributed by atoms with Crippen molar-refractivity contribution in [2.45, 2.75) is 38.5 Å². The standard InChI is InChI=1S/C12H11F3N2O/c1-7(12(13,14)15)18-11-9(6-16)5-8-3-2-4-10(8)17-11/h5,7H,2-4H2,1H3. The fourth-order valence-electron chi connectivity index (χ4n) is 1.86. The van der Waals surface area contributed by atoms with Crippen molar-refractivity contribution in [3.63, 3.8) is 0 Å². The molecule has 0 aromatic carbocycles. The highest BCUT2D eigenvalue weighted by Gasteiger charge is 2.38. The van der Waals surface area contributed by atoms with Crippen molar-refractivity contribution in [3.8, 4) is 11.9 Å². The van der Waals surface area contributed by atoms with E-state index in [-0.39, 0.29) is 11.4 Å². The van der Waals surface area contributed by atoms with Gasteiger partial charge in [-0.15, -0.1) is 0 Å². The van der Waals surface area contributed by atoms with E-state index >= 15 is 0 Å².